The van der Waals surface area contributed by atoms with Crippen molar-refractivity contribution in [1.82, 2.24) is 4.90 Å². The van der Waals surface area contributed by atoms with Crippen LogP contribution in [0, 0.1) is 15.9 Å². The molecular weight excluding hydrogens is 363 g/mol. The minimum Gasteiger partial charge on any atom is -0.335 e. The van der Waals surface area contributed by atoms with Gasteiger partial charge in [0.2, 0.25) is 0 Å². The molecule has 0 bridgehead atoms. The Morgan fingerprint density at radius 2 is 1.77 bits per heavy atom. The Morgan fingerprint density at radius 3 is 2.27 bits per heavy atom. The zero-order chi connectivity index (χ0) is 19.6. The van der Waals surface area contributed by atoms with Crippen molar-refractivity contribution < 1.29 is 22.5 Å². The quantitative estimate of drug-likeness (QED) is 0.587. The van der Waals surface area contributed by atoms with Crippen LogP contribution >= 0.6 is 0 Å². The van der Waals surface area contributed by atoms with Crippen LogP contribution in [0.5, 0.6) is 0 Å². The van der Waals surface area contributed by atoms with Crippen molar-refractivity contribution in [1.29, 1.82) is 0 Å². The molecule has 0 fully saturated rings. The Balaban J connectivity index is 2.30. The molecule has 0 radical (unpaired) electrons. The monoisotopic (exact) mass is 380 g/mol. The number of carbonyl (C=O) groups is 1. The van der Waals surface area contributed by atoms with Crippen LogP contribution in [0.3, 0.4) is 0 Å². The van der Waals surface area contributed by atoms with E-state index in [0.29, 0.717) is 5.56 Å². The Morgan fingerprint density at radius 1 is 1.19 bits per heavy atom. The minimum absolute atomic E-state index is 0.146. The Hall–Kier alpha value is -2.81. The molecule has 0 aliphatic rings. The van der Waals surface area contributed by atoms with Crippen LogP contribution in [-0.4, -0.2) is 37.5 Å². The summed E-state index contributed by atoms with van der Waals surface area (Å²) in [6, 6.07) is 8.23. The molecule has 2 rings (SSSR count). The van der Waals surface area contributed by atoms with E-state index < -0.39 is 38.1 Å². The van der Waals surface area contributed by atoms with Crippen molar-refractivity contribution >= 4 is 21.4 Å². The number of benzene rings is 2. The zero-order valence-corrected chi connectivity index (χ0v) is 15.2. The van der Waals surface area contributed by atoms with Gasteiger partial charge in [-0.15, -0.1) is 0 Å². The van der Waals surface area contributed by atoms with Crippen LogP contribution in [0.2, 0.25) is 0 Å². The van der Waals surface area contributed by atoms with E-state index in [1.165, 1.54) is 24.1 Å². The maximum absolute atomic E-state index is 14.0. The number of sulfone groups is 1. The highest BCUT2D eigenvalue weighted by Gasteiger charge is 2.24. The molecule has 1 atom stereocenters. The topological polar surface area (TPSA) is 97.6 Å². The van der Waals surface area contributed by atoms with Gasteiger partial charge in [-0.25, -0.2) is 12.8 Å². The van der Waals surface area contributed by atoms with Gasteiger partial charge in [-0.05, 0) is 30.7 Å². The van der Waals surface area contributed by atoms with Crippen LogP contribution in [0.4, 0.5) is 10.1 Å². The van der Waals surface area contributed by atoms with Gasteiger partial charge >= 0.3 is 0 Å². The highest BCUT2D eigenvalue weighted by atomic mass is 32.2. The fourth-order valence-electron chi connectivity index (χ4n) is 2.37. The first-order valence-electron chi connectivity index (χ1n) is 7.53. The summed E-state index contributed by atoms with van der Waals surface area (Å²) in [6.07, 6.45) is 1.09. The van der Waals surface area contributed by atoms with Gasteiger partial charge in [0.05, 0.1) is 21.4 Å². The second kappa shape index (κ2) is 7.20. The lowest BCUT2D eigenvalue weighted by molar-refractivity contribution is -0.384. The predicted octanol–water partition coefficient (Wildman–Crippen LogP) is 2.97. The maximum Gasteiger partial charge on any atom is 0.270 e. The van der Waals surface area contributed by atoms with Gasteiger partial charge in [-0.1, -0.05) is 12.1 Å². The summed E-state index contributed by atoms with van der Waals surface area (Å²) >= 11 is 0. The van der Waals surface area contributed by atoms with Gasteiger partial charge in [-0.2, -0.15) is 0 Å². The standard InChI is InChI=1S/C17H17FN2O5S/c1-11(12-4-7-14(8-5-12)26(3,24)25)19(2)17(21)15-10-13(20(22)23)6-9-16(15)18/h4-11H,1-3H3. The second-order valence-corrected chi connectivity index (χ2v) is 7.87. The van der Waals surface area contributed by atoms with Crippen LogP contribution in [-0.2, 0) is 9.84 Å². The van der Waals surface area contributed by atoms with Crippen LogP contribution < -0.4 is 0 Å². The van der Waals surface area contributed by atoms with Crippen LogP contribution in [0.15, 0.2) is 47.4 Å². The van der Waals surface area contributed by atoms with Gasteiger partial charge in [0, 0.05) is 25.4 Å². The number of nitro benzene ring substituents is 1. The third-order valence-electron chi connectivity index (χ3n) is 4.08. The Kier molecular flexibility index (Phi) is 5.41. The molecule has 1 unspecified atom stereocenters. The highest BCUT2D eigenvalue weighted by molar-refractivity contribution is 7.90. The summed E-state index contributed by atoms with van der Waals surface area (Å²) in [6.45, 7) is 1.68. The number of nitrogens with zero attached hydrogens (tertiary/aromatic N) is 2. The highest BCUT2D eigenvalue weighted by Crippen LogP contribution is 2.24. The number of amides is 1. The van der Waals surface area contributed by atoms with Crippen molar-refractivity contribution in [2.75, 3.05) is 13.3 Å². The Bertz CT molecular complexity index is 958. The van der Waals surface area contributed by atoms with Crippen LogP contribution in [0.1, 0.15) is 28.9 Å². The van der Waals surface area contributed by atoms with E-state index in [4.69, 9.17) is 0 Å². The Labute approximate surface area is 150 Å². The van der Waals surface area contributed by atoms with Crippen molar-refractivity contribution in [2.24, 2.45) is 0 Å². The molecule has 0 saturated heterocycles. The predicted molar refractivity (Wildman–Crippen MR) is 93.1 cm³/mol. The average Bonchev–Trinajstić information content (AvgIpc) is 2.59. The molecule has 0 aromatic heterocycles. The second-order valence-electron chi connectivity index (χ2n) is 5.85. The largest absolute Gasteiger partial charge is 0.335 e. The SMILES string of the molecule is CC(c1ccc(S(C)(=O)=O)cc1)N(C)C(=O)c1cc([N+](=O)[O-])ccc1F. The summed E-state index contributed by atoms with van der Waals surface area (Å²) in [7, 11) is -1.90. The molecule has 0 saturated carbocycles. The maximum atomic E-state index is 14.0. The molecule has 138 valence electrons. The summed E-state index contributed by atoms with van der Waals surface area (Å²) < 4.78 is 37.0. The third kappa shape index (κ3) is 4.05. The summed E-state index contributed by atoms with van der Waals surface area (Å²) in [5, 5.41) is 10.8. The van der Waals surface area contributed by atoms with Gasteiger partial charge in [0.1, 0.15) is 5.82 Å². The number of halogens is 1. The first-order valence-corrected chi connectivity index (χ1v) is 9.42. The van der Waals surface area contributed by atoms with Gasteiger partial charge < -0.3 is 4.90 Å². The van der Waals surface area contributed by atoms with Crippen molar-refractivity contribution in [2.45, 2.75) is 17.9 Å². The summed E-state index contributed by atoms with van der Waals surface area (Å²) in [5.74, 6) is -1.57. The minimum atomic E-state index is -3.34. The molecule has 26 heavy (non-hydrogen) atoms. The van der Waals surface area contributed by atoms with Gasteiger partial charge in [-0.3, -0.25) is 14.9 Å². The van der Waals surface area contributed by atoms with E-state index >= 15 is 0 Å². The molecule has 2 aromatic carbocycles. The van der Waals surface area contributed by atoms with Gasteiger partial charge in [0.25, 0.3) is 11.6 Å². The lowest BCUT2D eigenvalue weighted by atomic mass is 10.1. The summed E-state index contributed by atoms with van der Waals surface area (Å²) in [5.41, 5.74) is -0.145. The van der Waals surface area contributed by atoms with Gasteiger partial charge in [0.15, 0.2) is 9.84 Å². The molecular formula is C17H17FN2O5S. The molecule has 7 nitrogen and oxygen atoms in total. The van der Waals surface area contributed by atoms with E-state index in [9.17, 15) is 27.7 Å². The molecule has 0 aliphatic carbocycles. The molecule has 1 amide bonds. The number of rotatable bonds is 5. The lowest BCUT2D eigenvalue weighted by Gasteiger charge is -2.25. The lowest BCUT2D eigenvalue weighted by Crippen LogP contribution is -2.30. The van der Waals surface area contributed by atoms with E-state index in [0.717, 1.165) is 24.5 Å². The number of carbonyl (C=O) groups excluding carboxylic acids is 1. The molecule has 0 aliphatic heterocycles. The number of hydrogen-bond donors (Lipinski definition) is 0. The molecule has 0 N–H and O–H groups in total. The van der Waals surface area contributed by atoms with Crippen LogP contribution in [0.25, 0.3) is 0 Å². The van der Waals surface area contributed by atoms with Crippen molar-refractivity contribution in [3.8, 4) is 0 Å². The molecule has 9 heteroatoms. The number of hydrogen-bond acceptors (Lipinski definition) is 5. The first kappa shape index (κ1) is 19.5. The third-order valence-corrected chi connectivity index (χ3v) is 5.21. The fraction of sp³-hybridized carbons (Fsp3) is 0.235. The fourth-order valence-corrected chi connectivity index (χ4v) is 3.00. The van der Waals surface area contributed by atoms with Crippen molar-refractivity contribution in [3.63, 3.8) is 0 Å². The zero-order valence-electron chi connectivity index (χ0n) is 14.3. The van der Waals surface area contributed by atoms with E-state index in [1.807, 2.05) is 0 Å². The molecule has 0 heterocycles. The average molecular weight is 380 g/mol. The first-order chi connectivity index (χ1) is 12.0. The summed E-state index contributed by atoms with van der Waals surface area (Å²) in [4.78, 5) is 24.1. The number of non-ortho nitro benzene ring substituents is 1. The molecule has 2 aromatic rings. The number of nitro groups is 1. The van der Waals surface area contributed by atoms with E-state index in [1.54, 1.807) is 19.1 Å². The van der Waals surface area contributed by atoms with E-state index in [-0.39, 0.29) is 10.6 Å². The van der Waals surface area contributed by atoms with Crippen molar-refractivity contribution in [3.05, 3.63) is 69.5 Å². The normalized spacial score (nSPS) is 12.5. The van der Waals surface area contributed by atoms with E-state index in [2.05, 4.69) is 0 Å². The molecule has 0 spiro atoms. The smallest absolute Gasteiger partial charge is 0.270 e.